The summed E-state index contributed by atoms with van der Waals surface area (Å²) >= 11 is 0. The number of amides is 2. The Labute approximate surface area is 189 Å². The summed E-state index contributed by atoms with van der Waals surface area (Å²) in [4.78, 5) is 57.1. The number of nitrogen functional groups attached to an aromatic ring is 1. The first-order chi connectivity index (χ1) is 16.1. The third-order valence-electron chi connectivity index (χ3n) is 5.54. The number of hydrogen-bond donors (Lipinski definition) is 5. The van der Waals surface area contributed by atoms with Gasteiger partial charge >= 0.3 is 7.82 Å². The molecule has 15 nitrogen and oxygen atoms in total. The second-order valence-electron chi connectivity index (χ2n) is 7.57. The number of anilines is 1. The van der Waals surface area contributed by atoms with Crippen LogP contribution in [0.25, 0.3) is 11.2 Å². The molecule has 1 saturated heterocycles. The molecule has 1 fully saturated rings. The first-order valence-corrected chi connectivity index (χ1v) is 11.3. The number of nitrogens with zero attached hydrogens (tertiary/aromatic N) is 5. The number of imidazole rings is 1. The second kappa shape index (κ2) is 7.89. The maximum absolute atomic E-state index is 12.9. The number of carbonyl (C=O) groups excluding carboxylic acids is 2. The van der Waals surface area contributed by atoms with E-state index in [0.29, 0.717) is 4.90 Å². The van der Waals surface area contributed by atoms with Crippen molar-refractivity contribution in [3.63, 3.8) is 0 Å². The Morgan fingerprint density at radius 3 is 2.32 bits per heavy atom. The number of rotatable bonds is 5. The Balaban J connectivity index is 1.54. The smallest absolute Gasteiger partial charge is 0.387 e. The SMILES string of the molecule is Nc1ncnc2c1ncn2[C@@H]1O[C@H](C(OP(=O)(O)O)N2C(=O)c3ccccc3C2=O)[C@@H](O)[C@H]1O. The van der Waals surface area contributed by atoms with Gasteiger partial charge in [-0.25, -0.2) is 24.4 Å². The summed E-state index contributed by atoms with van der Waals surface area (Å²) in [6.07, 6.45) is -6.43. The monoisotopic (exact) mass is 492 g/mol. The Morgan fingerprint density at radius 1 is 1.06 bits per heavy atom. The largest absolute Gasteiger partial charge is 0.471 e. The van der Waals surface area contributed by atoms with Gasteiger partial charge in [-0.3, -0.25) is 18.7 Å². The second-order valence-corrected chi connectivity index (χ2v) is 8.76. The molecule has 0 spiro atoms. The molecule has 6 N–H and O–H groups in total. The van der Waals surface area contributed by atoms with Gasteiger partial charge in [0, 0.05) is 0 Å². The molecule has 0 aliphatic carbocycles. The molecule has 0 bridgehead atoms. The molecule has 0 radical (unpaired) electrons. The molecule has 2 aromatic heterocycles. The van der Waals surface area contributed by atoms with E-state index in [2.05, 4.69) is 15.0 Å². The predicted octanol–water partition coefficient (Wildman–Crippen LogP) is -1.24. The van der Waals surface area contributed by atoms with Crippen LogP contribution in [0, 0.1) is 0 Å². The van der Waals surface area contributed by atoms with Crippen molar-refractivity contribution < 1.29 is 43.4 Å². The molecule has 5 atom stereocenters. The number of hydrogen-bond acceptors (Lipinski definition) is 11. The van der Waals surface area contributed by atoms with Crippen LogP contribution in [0.1, 0.15) is 26.9 Å². The van der Waals surface area contributed by atoms with E-state index < -0.39 is 50.4 Å². The highest BCUT2D eigenvalue weighted by Gasteiger charge is 2.55. The molecule has 34 heavy (non-hydrogen) atoms. The molecule has 1 unspecified atom stereocenters. The molecular weight excluding hydrogens is 475 g/mol. The van der Waals surface area contributed by atoms with Gasteiger partial charge in [0.2, 0.25) is 0 Å². The number of phosphoric acid groups is 1. The van der Waals surface area contributed by atoms with Crippen molar-refractivity contribution in [2.24, 2.45) is 0 Å². The van der Waals surface area contributed by atoms with Crippen LogP contribution < -0.4 is 5.73 Å². The number of phosphoric ester groups is 1. The molecule has 1 aromatic carbocycles. The maximum Gasteiger partial charge on any atom is 0.471 e. The summed E-state index contributed by atoms with van der Waals surface area (Å²) in [5.41, 5.74) is 6.03. The zero-order valence-corrected chi connectivity index (χ0v) is 17.8. The Morgan fingerprint density at radius 2 is 1.71 bits per heavy atom. The van der Waals surface area contributed by atoms with E-state index in [1.807, 2.05) is 0 Å². The molecule has 2 aliphatic heterocycles. The fourth-order valence-electron chi connectivity index (χ4n) is 4.04. The fourth-order valence-corrected chi connectivity index (χ4v) is 4.54. The minimum Gasteiger partial charge on any atom is -0.387 e. The van der Waals surface area contributed by atoms with E-state index in [-0.39, 0.29) is 28.1 Å². The summed E-state index contributed by atoms with van der Waals surface area (Å²) in [7, 11) is -5.32. The van der Waals surface area contributed by atoms with Gasteiger partial charge in [0.05, 0.1) is 17.5 Å². The quantitative estimate of drug-likeness (QED) is 0.208. The Bertz CT molecular complexity index is 1320. The number of imide groups is 1. The highest BCUT2D eigenvalue weighted by atomic mass is 31.2. The summed E-state index contributed by atoms with van der Waals surface area (Å²) in [5, 5.41) is 21.4. The van der Waals surface area contributed by atoms with Gasteiger partial charge in [-0.15, -0.1) is 0 Å². The normalized spacial score (nSPS) is 25.8. The summed E-state index contributed by atoms with van der Waals surface area (Å²) in [6.45, 7) is 0. The van der Waals surface area contributed by atoms with Crippen LogP contribution in [0.2, 0.25) is 0 Å². The molecule has 178 valence electrons. The van der Waals surface area contributed by atoms with E-state index in [1.165, 1.54) is 35.2 Å². The lowest BCUT2D eigenvalue weighted by Gasteiger charge is -2.31. The van der Waals surface area contributed by atoms with Crippen LogP contribution in [0.5, 0.6) is 0 Å². The van der Waals surface area contributed by atoms with Gasteiger partial charge in [-0.1, -0.05) is 12.1 Å². The van der Waals surface area contributed by atoms with Gasteiger partial charge in [0.1, 0.15) is 30.2 Å². The number of nitrogens with two attached hydrogens (primary N) is 1. The minimum atomic E-state index is -5.32. The van der Waals surface area contributed by atoms with Gasteiger partial charge in [0.15, 0.2) is 23.9 Å². The first kappa shape index (κ1) is 22.5. The first-order valence-electron chi connectivity index (χ1n) is 9.74. The number of aliphatic hydroxyl groups excluding tert-OH is 2. The van der Waals surface area contributed by atoms with Crippen molar-refractivity contribution in [2.75, 3.05) is 5.73 Å². The predicted molar refractivity (Wildman–Crippen MR) is 110 cm³/mol. The lowest BCUT2D eigenvalue weighted by molar-refractivity contribution is -0.113. The topological polar surface area (TPSA) is 223 Å². The van der Waals surface area contributed by atoms with E-state index in [1.54, 1.807) is 0 Å². The van der Waals surface area contributed by atoms with E-state index in [0.717, 1.165) is 6.33 Å². The summed E-state index contributed by atoms with van der Waals surface area (Å²) < 4.78 is 23.4. The lowest BCUT2D eigenvalue weighted by atomic mass is 10.1. The Hall–Kier alpha value is -3.30. The number of benzene rings is 1. The van der Waals surface area contributed by atoms with Gasteiger partial charge in [-0.05, 0) is 12.1 Å². The molecule has 2 amide bonds. The summed E-state index contributed by atoms with van der Waals surface area (Å²) in [5.74, 6) is -1.79. The van der Waals surface area contributed by atoms with Crippen molar-refractivity contribution in [1.29, 1.82) is 0 Å². The van der Waals surface area contributed by atoms with Crippen LogP contribution in [0.4, 0.5) is 5.82 Å². The van der Waals surface area contributed by atoms with Gasteiger partial charge in [-0.2, -0.15) is 0 Å². The highest BCUT2D eigenvalue weighted by Crippen LogP contribution is 2.44. The average molecular weight is 492 g/mol. The van der Waals surface area contributed by atoms with Crippen molar-refractivity contribution in [3.8, 4) is 0 Å². The van der Waals surface area contributed by atoms with Crippen LogP contribution in [0.15, 0.2) is 36.9 Å². The van der Waals surface area contributed by atoms with Gasteiger partial charge in [0.25, 0.3) is 11.8 Å². The van der Waals surface area contributed by atoms with Crippen molar-refractivity contribution in [1.82, 2.24) is 24.4 Å². The number of fused-ring (bicyclic) bond motifs is 2. The third-order valence-corrected chi connectivity index (χ3v) is 6.03. The number of ether oxygens (including phenoxy) is 1. The maximum atomic E-state index is 12.9. The number of aromatic nitrogens is 4. The molecule has 0 saturated carbocycles. The fraction of sp³-hybridized carbons (Fsp3) is 0.278. The van der Waals surface area contributed by atoms with E-state index in [9.17, 15) is 34.2 Å². The zero-order chi connectivity index (χ0) is 24.4. The van der Waals surface area contributed by atoms with E-state index in [4.69, 9.17) is 15.0 Å². The highest BCUT2D eigenvalue weighted by molar-refractivity contribution is 7.46. The number of carbonyl (C=O) groups is 2. The van der Waals surface area contributed by atoms with Crippen molar-refractivity contribution >= 4 is 36.6 Å². The lowest BCUT2D eigenvalue weighted by Crippen LogP contribution is -2.52. The molecular formula is C18H17N6O9P. The van der Waals surface area contributed by atoms with Crippen LogP contribution >= 0.6 is 7.82 Å². The van der Waals surface area contributed by atoms with Crippen LogP contribution in [-0.4, -0.2) is 80.8 Å². The number of aliphatic hydroxyl groups is 2. The molecule has 4 heterocycles. The molecule has 5 rings (SSSR count). The zero-order valence-electron chi connectivity index (χ0n) is 16.9. The third kappa shape index (κ3) is 3.47. The summed E-state index contributed by atoms with van der Waals surface area (Å²) in [6, 6.07) is 5.72. The van der Waals surface area contributed by atoms with Crippen molar-refractivity contribution in [3.05, 3.63) is 48.0 Å². The Kier molecular flexibility index (Phi) is 5.22. The molecule has 3 aromatic rings. The standard InChI is InChI=1S/C18H17N6O9P/c19-13-9-14(21-5-20-13)23(6-22-9)17-11(26)10(25)12(32-17)18(33-34(29,30)31)24-15(27)7-3-1-2-4-8(7)16(24)28/h1-6,10-12,17-18,25-26H,(H2,19,20,21)(H2,29,30,31)/t10-,11+,12-,17+,18?/m0/s1. The van der Waals surface area contributed by atoms with E-state index >= 15 is 0 Å². The van der Waals surface area contributed by atoms with Crippen molar-refractivity contribution in [2.45, 2.75) is 30.8 Å². The van der Waals surface area contributed by atoms with Gasteiger partial charge < -0.3 is 30.5 Å². The molecule has 2 aliphatic rings. The van der Waals surface area contributed by atoms with Crippen LogP contribution in [-0.2, 0) is 13.8 Å². The minimum absolute atomic E-state index is 0.0239. The average Bonchev–Trinajstić information content (AvgIpc) is 3.41. The van der Waals surface area contributed by atoms with Crippen LogP contribution in [0.3, 0.4) is 0 Å². The molecule has 16 heteroatoms.